The molecular formula is C16H13ClN2O. The summed E-state index contributed by atoms with van der Waals surface area (Å²) in [4.78, 5) is 4.13. The van der Waals surface area contributed by atoms with Crippen LogP contribution in [-0.4, -0.2) is 4.98 Å². The molecule has 0 saturated heterocycles. The number of fused-ring (bicyclic) bond motifs is 1. The van der Waals surface area contributed by atoms with Crippen LogP contribution in [0.5, 0.6) is 5.75 Å². The molecule has 0 amide bonds. The molecule has 0 atom stereocenters. The summed E-state index contributed by atoms with van der Waals surface area (Å²) in [5, 5.41) is 2.54. The zero-order chi connectivity index (χ0) is 13.9. The number of halogens is 1. The molecule has 2 aromatic carbocycles. The van der Waals surface area contributed by atoms with Crippen molar-refractivity contribution in [3.63, 3.8) is 0 Å². The van der Waals surface area contributed by atoms with Gasteiger partial charge in [0.05, 0.1) is 0 Å². The quantitative estimate of drug-likeness (QED) is 0.738. The number of nitrogen functional groups attached to an aromatic ring is 1. The third-order valence-corrected chi connectivity index (χ3v) is 3.52. The molecule has 0 aliphatic rings. The maximum Gasteiger partial charge on any atom is 0.129 e. The number of anilines is 1. The number of nitrogens with two attached hydrogens (primary N) is 1. The molecule has 1 aromatic heterocycles. The summed E-state index contributed by atoms with van der Waals surface area (Å²) >= 11 is 6.12. The van der Waals surface area contributed by atoms with Crippen molar-refractivity contribution in [3.8, 4) is 5.75 Å². The molecule has 0 spiro atoms. The lowest BCUT2D eigenvalue weighted by Gasteiger charge is -2.11. The second kappa shape index (κ2) is 5.39. The van der Waals surface area contributed by atoms with E-state index in [1.54, 1.807) is 12.4 Å². The van der Waals surface area contributed by atoms with Crippen LogP contribution < -0.4 is 10.5 Å². The molecular weight excluding hydrogens is 272 g/mol. The molecule has 0 saturated carbocycles. The smallest absolute Gasteiger partial charge is 0.129 e. The minimum Gasteiger partial charge on any atom is -0.488 e. The molecule has 3 rings (SSSR count). The number of nitrogens with zero attached hydrogens (tertiary/aromatic N) is 1. The first-order chi connectivity index (χ1) is 9.75. The largest absolute Gasteiger partial charge is 0.488 e. The van der Waals surface area contributed by atoms with Crippen LogP contribution >= 0.6 is 11.6 Å². The lowest BCUT2D eigenvalue weighted by Crippen LogP contribution is -1.98. The van der Waals surface area contributed by atoms with Crippen LogP contribution in [-0.2, 0) is 6.61 Å². The summed E-state index contributed by atoms with van der Waals surface area (Å²) in [5.41, 5.74) is 7.61. The van der Waals surface area contributed by atoms with E-state index in [9.17, 15) is 0 Å². The van der Waals surface area contributed by atoms with Crippen LogP contribution in [0.1, 0.15) is 5.56 Å². The maximum atomic E-state index is 6.12. The minimum atomic E-state index is 0.410. The Morgan fingerprint density at radius 3 is 2.75 bits per heavy atom. The molecule has 3 nitrogen and oxygen atoms in total. The molecule has 0 bridgehead atoms. The first-order valence-electron chi connectivity index (χ1n) is 6.24. The van der Waals surface area contributed by atoms with E-state index in [0.29, 0.717) is 17.3 Å². The van der Waals surface area contributed by atoms with E-state index < -0.39 is 0 Å². The van der Waals surface area contributed by atoms with Gasteiger partial charge in [0, 0.05) is 39.4 Å². The van der Waals surface area contributed by atoms with E-state index in [4.69, 9.17) is 22.1 Å². The van der Waals surface area contributed by atoms with E-state index >= 15 is 0 Å². The molecule has 0 unspecified atom stereocenters. The second-order valence-corrected chi connectivity index (χ2v) is 4.86. The maximum absolute atomic E-state index is 6.12. The molecule has 2 N–H and O–H groups in total. The Morgan fingerprint density at radius 2 is 1.90 bits per heavy atom. The second-order valence-electron chi connectivity index (χ2n) is 4.45. The van der Waals surface area contributed by atoms with E-state index in [1.165, 1.54) is 0 Å². The number of ether oxygens (including phenoxy) is 1. The van der Waals surface area contributed by atoms with E-state index in [2.05, 4.69) is 4.98 Å². The van der Waals surface area contributed by atoms with Gasteiger partial charge in [0.25, 0.3) is 0 Å². The molecule has 0 fully saturated rings. The summed E-state index contributed by atoms with van der Waals surface area (Å²) in [6.45, 7) is 0.410. The fourth-order valence-corrected chi connectivity index (χ4v) is 2.27. The number of aromatic nitrogens is 1. The average molecular weight is 285 g/mol. The van der Waals surface area contributed by atoms with Gasteiger partial charge in [0.1, 0.15) is 12.4 Å². The summed E-state index contributed by atoms with van der Waals surface area (Å²) in [6.07, 6.45) is 3.48. The van der Waals surface area contributed by atoms with Crippen LogP contribution in [0.4, 0.5) is 5.69 Å². The van der Waals surface area contributed by atoms with E-state index in [-0.39, 0.29) is 0 Å². The van der Waals surface area contributed by atoms with Crippen molar-refractivity contribution >= 4 is 28.1 Å². The normalized spacial score (nSPS) is 10.7. The van der Waals surface area contributed by atoms with E-state index in [0.717, 1.165) is 22.1 Å². The fraction of sp³-hybridized carbons (Fsp3) is 0.0625. The van der Waals surface area contributed by atoms with Gasteiger partial charge in [-0.25, -0.2) is 0 Å². The van der Waals surface area contributed by atoms with Gasteiger partial charge < -0.3 is 10.5 Å². The van der Waals surface area contributed by atoms with Crippen molar-refractivity contribution in [2.75, 3.05) is 5.73 Å². The third-order valence-electron chi connectivity index (χ3n) is 3.15. The van der Waals surface area contributed by atoms with Gasteiger partial charge in [-0.3, -0.25) is 4.98 Å². The molecule has 1 heterocycles. The van der Waals surface area contributed by atoms with Crippen molar-refractivity contribution < 1.29 is 4.74 Å². The highest BCUT2D eigenvalue weighted by Crippen LogP contribution is 2.30. The predicted molar refractivity (Wildman–Crippen MR) is 81.9 cm³/mol. The summed E-state index contributed by atoms with van der Waals surface area (Å²) in [5.74, 6) is 0.752. The van der Waals surface area contributed by atoms with Crippen molar-refractivity contribution in [2.45, 2.75) is 6.61 Å². The van der Waals surface area contributed by atoms with Crippen molar-refractivity contribution in [1.29, 1.82) is 0 Å². The lowest BCUT2D eigenvalue weighted by molar-refractivity contribution is 0.310. The Kier molecular flexibility index (Phi) is 3.44. The lowest BCUT2D eigenvalue weighted by atomic mass is 10.1. The molecule has 100 valence electrons. The van der Waals surface area contributed by atoms with Gasteiger partial charge >= 0.3 is 0 Å². The van der Waals surface area contributed by atoms with Crippen molar-refractivity contribution in [3.05, 3.63) is 65.4 Å². The van der Waals surface area contributed by atoms with Gasteiger partial charge in [-0.1, -0.05) is 29.8 Å². The monoisotopic (exact) mass is 284 g/mol. The molecule has 0 aliphatic heterocycles. The predicted octanol–water partition coefficient (Wildman–Crippen LogP) is 4.05. The first kappa shape index (κ1) is 12.8. The highest BCUT2D eigenvalue weighted by molar-refractivity contribution is 6.31. The van der Waals surface area contributed by atoms with Gasteiger partial charge in [-0.05, 0) is 24.3 Å². The summed E-state index contributed by atoms with van der Waals surface area (Å²) in [7, 11) is 0. The number of pyridine rings is 1. The molecule has 0 radical (unpaired) electrons. The Morgan fingerprint density at radius 1 is 1.05 bits per heavy atom. The van der Waals surface area contributed by atoms with Crippen LogP contribution in [0.15, 0.2) is 54.9 Å². The number of hydrogen-bond acceptors (Lipinski definition) is 3. The highest BCUT2D eigenvalue weighted by Gasteiger charge is 2.06. The minimum absolute atomic E-state index is 0.410. The number of rotatable bonds is 3. The summed E-state index contributed by atoms with van der Waals surface area (Å²) < 4.78 is 5.86. The first-order valence-corrected chi connectivity index (χ1v) is 6.62. The van der Waals surface area contributed by atoms with Gasteiger partial charge in [-0.2, -0.15) is 0 Å². The molecule has 3 aromatic rings. The fourth-order valence-electron chi connectivity index (χ4n) is 2.08. The van der Waals surface area contributed by atoms with Gasteiger partial charge in [0.2, 0.25) is 0 Å². The van der Waals surface area contributed by atoms with E-state index in [1.807, 2.05) is 42.5 Å². The zero-order valence-electron chi connectivity index (χ0n) is 10.7. The number of hydrogen-bond donors (Lipinski definition) is 1. The van der Waals surface area contributed by atoms with Crippen LogP contribution in [0.25, 0.3) is 10.8 Å². The van der Waals surface area contributed by atoms with Crippen LogP contribution in [0.2, 0.25) is 5.02 Å². The molecule has 0 aliphatic carbocycles. The summed E-state index contributed by atoms with van der Waals surface area (Å²) in [6, 6.07) is 13.2. The molecule has 20 heavy (non-hydrogen) atoms. The Balaban J connectivity index is 1.92. The Bertz CT molecular complexity index is 758. The van der Waals surface area contributed by atoms with Gasteiger partial charge in [-0.15, -0.1) is 0 Å². The Labute approximate surface area is 122 Å². The van der Waals surface area contributed by atoms with Crippen molar-refractivity contribution in [1.82, 2.24) is 4.98 Å². The Hall–Kier alpha value is -2.26. The average Bonchev–Trinajstić information content (AvgIpc) is 2.48. The van der Waals surface area contributed by atoms with Crippen molar-refractivity contribution in [2.24, 2.45) is 0 Å². The van der Waals surface area contributed by atoms with Crippen LogP contribution in [0, 0.1) is 0 Å². The zero-order valence-corrected chi connectivity index (χ0v) is 11.5. The highest BCUT2D eigenvalue weighted by atomic mass is 35.5. The standard InChI is InChI=1S/C16H13ClN2O/c17-14-4-2-1-3-11(14)10-20-16-6-5-15(18)12-7-8-19-9-13(12)16/h1-9H,10,18H2. The van der Waals surface area contributed by atoms with Crippen LogP contribution in [0.3, 0.4) is 0 Å². The SMILES string of the molecule is Nc1ccc(OCc2ccccc2Cl)c2cnccc12. The third kappa shape index (κ3) is 2.40. The van der Waals surface area contributed by atoms with Gasteiger partial charge in [0.15, 0.2) is 0 Å². The molecule has 4 heteroatoms. The number of benzene rings is 2. The topological polar surface area (TPSA) is 48.1 Å².